The number of hydrogen-bond acceptors (Lipinski definition) is 7. The zero-order valence-corrected chi connectivity index (χ0v) is 20.8. The molecule has 32 heavy (non-hydrogen) atoms. The standard InChI is InChI=1S/C22H32AsN6O3/c1-14-9-10-17-15(13-14)19(28-20(26-17)21(30)25-11-6-12-31-2)27-18-8-5-4-7-16(18)23-22(24)29-32-3/h9-10,13,16,18H,4-8,11-12H2,1-3H3,(H2,24,29)(H,25,30)(H,26,27,28)/t16-,18+/m1/s1. The van der Waals surface area contributed by atoms with Crippen LogP contribution < -0.4 is 16.4 Å². The number of nitrogens with one attached hydrogen (secondary N) is 2. The van der Waals surface area contributed by atoms with Gasteiger partial charge in [-0.2, -0.15) is 0 Å². The molecule has 1 amide bonds. The summed E-state index contributed by atoms with van der Waals surface area (Å²) in [6.07, 6.45) is 5.17. The van der Waals surface area contributed by atoms with Gasteiger partial charge in [-0.05, 0) is 0 Å². The molecule has 10 heteroatoms. The number of aromatic nitrogens is 2. The van der Waals surface area contributed by atoms with E-state index in [4.69, 9.17) is 15.3 Å². The van der Waals surface area contributed by atoms with Crippen molar-refractivity contribution >= 4 is 43.0 Å². The molecule has 0 aliphatic heterocycles. The van der Waals surface area contributed by atoms with Crippen molar-refractivity contribution in [3.05, 3.63) is 29.6 Å². The van der Waals surface area contributed by atoms with Crippen molar-refractivity contribution in [3.63, 3.8) is 0 Å². The Bertz CT molecular complexity index is 955. The second-order valence-electron chi connectivity index (χ2n) is 7.88. The predicted octanol–water partition coefficient (Wildman–Crippen LogP) is 2.43. The molecular formula is C22H32AsN6O3. The fraction of sp³-hybridized carbons (Fsp3) is 0.545. The number of carbonyl (C=O) groups excluding carboxylic acids is 1. The number of aryl methyl sites for hydroxylation is 1. The van der Waals surface area contributed by atoms with Gasteiger partial charge in [0.1, 0.15) is 0 Å². The quantitative estimate of drug-likeness (QED) is 0.150. The molecule has 3 rings (SSSR count). The van der Waals surface area contributed by atoms with Crippen LogP contribution >= 0.6 is 0 Å². The second-order valence-corrected chi connectivity index (χ2v) is 10.8. The number of oxime groups is 1. The fourth-order valence-corrected chi connectivity index (χ4v) is 6.33. The Balaban J connectivity index is 1.86. The molecule has 0 bridgehead atoms. The molecule has 1 fully saturated rings. The third kappa shape index (κ3) is 6.56. The van der Waals surface area contributed by atoms with Crippen molar-refractivity contribution in [3.8, 4) is 0 Å². The molecule has 0 saturated heterocycles. The topological polar surface area (TPSA) is 124 Å². The summed E-state index contributed by atoms with van der Waals surface area (Å²) in [6, 6.07) is 6.21. The van der Waals surface area contributed by atoms with E-state index in [0.29, 0.717) is 28.3 Å². The van der Waals surface area contributed by atoms with E-state index in [1.54, 1.807) is 7.11 Å². The maximum atomic E-state index is 12.7. The van der Waals surface area contributed by atoms with Crippen LogP contribution in [0.3, 0.4) is 0 Å². The number of rotatable bonds is 10. The summed E-state index contributed by atoms with van der Waals surface area (Å²) >= 11 is -0.314. The van der Waals surface area contributed by atoms with Gasteiger partial charge in [0.2, 0.25) is 0 Å². The Morgan fingerprint density at radius 3 is 2.88 bits per heavy atom. The summed E-state index contributed by atoms with van der Waals surface area (Å²) in [7, 11) is 3.16. The molecule has 1 aliphatic rings. The summed E-state index contributed by atoms with van der Waals surface area (Å²) in [4.78, 5) is 26.7. The predicted molar refractivity (Wildman–Crippen MR) is 127 cm³/mol. The van der Waals surface area contributed by atoms with E-state index in [1.807, 2.05) is 19.1 Å². The van der Waals surface area contributed by atoms with Gasteiger partial charge in [-0.25, -0.2) is 0 Å². The SMILES string of the molecule is COCCCNC(=O)c1nc(N[C@H]2CCCC[C@H]2[As]C(N)=NOC)c2cc(C)ccc2n1. The molecule has 173 valence electrons. The van der Waals surface area contributed by atoms with Crippen molar-refractivity contribution in [1.29, 1.82) is 0 Å². The van der Waals surface area contributed by atoms with Gasteiger partial charge in [0.15, 0.2) is 0 Å². The first-order chi connectivity index (χ1) is 15.5. The number of benzene rings is 1. The molecule has 1 aromatic carbocycles. The number of hydrogen-bond donors (Lipinski definition) is 3. The zero-order valence-electron chi connectivity index (χ0n) is 18.9. The molecule has 1 heterocycles. The van der Waals surface area contributed by atoms with E-state index in [2.05, 4.69) is 31.8 Å². The van der Waals surface area contributed by atoms with Crippen LogP contribution in [0.1, 0.15) is 48.3 Å². The van der Waals surface area contributed by atoms with Gasteiger partial charge in [-0.1, -0.05) is 0 Å². The first-order valence-electron chi connectivity index (χ1n) is 10.9. The number of amides is 1. The molecule has 2 aromatic rings. The Hall–Kier alpha value is -2.38. The van der Waals surface area contributed by atoms with Crippen molar-refractivity contribution in [1.82, 2.24) is 15.3 Å². The molecule has 1 aromatic heterocycles. The Morgan fingerprint density at radius 2 is 2.09 bits per heavy atom. The maximum absolute atomic E-state index is 12.7. The minimum absolute atomic E-state index is 0.169. The second kappa shape index (κ2) is 12.0. The Labute approximate surface area is 195 Å². The van der Waals surface area contributed by atoms with Gasteiger partial charge in [-0.15, -0.1) is 0 Å². The van der Waals surface area contributed by atoms with Gasteiger partial charge in [0.05, 0.1) is 0 Å². The minimum atomic E-state index is -0.314. The zero-order chi connectivity index (χ0) is 22.9. The molecule has 1 radical (unpaired) electrons. The number of ether oxygens (including phenoxy) is 1. The fourth-order valence-electron chi connectivity index (χ4n) is 3.85. The summed E-state index contributed by atoms with van der Waals surface area (Å²) in [6.45, 7) is 3.14. The van der Waals surface area contributed by atoms with Gasteiger partial charge in [0.25, 0.3) is 0 Å². The summed E-state index contributed by atoms with van der Waals surface area (Å²) in [5.41, 5.74) is 7.93. The third-order valence-electron chi connectivity index (χ3n) is 5.40. The van der Waals surface area contributed by atoms with E-state index in [0.717, 1.165) is 42.1 Å². The van der Waals surface area contributed by atoms with Crippen LogP contribution in [-0.2, 0) is 9.57 Å². The van der Waals surface area contributed by atoms with Gasteiger partial charge >= 0.3 is 188 Å². The van der Waals surface area contributed by atoms with Crippen molar-refractivity contribution in [2.45, 2.75) is 49.8 Å². The summed E-state index contributed by atoms with van der Waals surface area (Å²) < 4.78 is 6.03. The number of anilines is 1. The molecule has 0 spiro atoms. The molecule has 4 N–H and O–H groups in total. The number of nitrogens with zero attached hydrogens (tertiary/aromatic N) is 3. The van der Waals surface area contributed by atoms with Crippen LogP contribution in [0, 0.1) is 6.92 Å². The van der Waals surface area contributed by atoms with Gasteiger partial charge in [-0.3, -0.25) is 0 Å². The van der Waals surface area contributed by atoms with Crippen LogP contribution in [0.15, 0.2) is 23.4 Å². The summed E-state index contributed by atoms with van der Waals surface area (Å²) in [5, 5.41) is 11.4. The molecule has 0 unspecified atom stereocenters. The number of nitrogens with two attached hydrogens (primary N) is 1. The first-order valence-corrected chi connectivity index (χ1v) is 12.9. The normalized spacial score (nSPS) is 19.4. The van der Waals surface area contributed by atoms with E-state index < -0.39 is 0 Å². The van der Waals surface area contributed by atoms with Crippen molar-refractivity contribution in [2.75, 3.05) is 32.7 Å². The van der Waals surface area contributed by atoms with Gasteiger partial charge < -0.3 is 0 Å². The van der Waals surface area contributed by atoms with E-state index in [9.17, 15) is 4.79 Å². The van der Waals surface area contributed by atoms with Crippen LogP contribution in [0.25, 0.3) is 10.9 Å². The third-order valence-corrected chi connectivity index (χ3v) is 8.12. The first kappa shape index (κ1) is 24.3. The molecule has 9 nitrogen and oxygen atoms in total. The van der Waals surface area contributed by atoms with Crippen molar-refractivity contribution < 1.29 is 14.4 Å². The Kier molecular flexibility index (Phi) is 9.11. The van der Waals surface area contributed by atoms with Crippen LogP contribution in [-0.4, -0.2) is 69.7 Å². The van der Waals surface area contributed by atoms with Crippen LogP contribution in [0.5, 0.6) is 0 Å². The van der Waals surface area contributed by atoms with Crippen LogP contribution in [0.2, 0.25) is 4.71 Å². The number of fused-ring (bicyclic) bond motifs is 1. The number of carbonyl (C=O) groups is 1. The number of amidine groups is 1. The molecule has 1 aliphatic carbocycles. The van der Waals surface area contributed by atoms with Gasteiger partial charge in [0, 0.05) is 7.11 Å². The molecule has 1 saturated carbocycles. The average molecular weight is 503 g/mol. The van der Waals surface area contributed by atoms with Crippen LogP contribution in [0.4, 0.5) is 5.82 Å². The Morgan fingerprint density at radius 1 is 1.28 bits per heavy atom. The molecule has 2 atom stereocenters. The summed E-state index contributed by atoms with van der Waals surface area (Å²) in [5.74, 6) is 0.582. The number of methoxy groups -OCH3 is 1. The van der Waals surface area contributed by atoms with E-state index >= 15 is 0 Å². The van der Waals surface area contributed by atoms with E-state index in [-0.39, 0.29) is 33.5 Å². The average Bonchev–Trinajstić information content (AvgIpc) is 2.78. The molecular weight excluding hydrogens is 471 g/mol. The monoisotopic (exact) mass is 503 g/mol. The van der Waals surface area contributed by atoms with E-state index in [1.165, 1.54) is 13.5 Å². The van der Waals surface area contributed by atoms with Crippen molar-refractivity contribution in [2.24, 2.45) is 10.9 Å².